The van der Waals surface area contributed by atoms with Crippen molar-refractivity contribution in [3.05, 3.63) is 125 Å². The molecule has 14 heteroatoms. The van der Waals surface area contributed by atoms with Gasteiger partial charge in [-0.1, -0.05) is 48.2 Å². The molecule has 0 bridgehead atoms. The van der Waals surface area contributed by atoms with Gasteiger partial charge < -0.3 is 29.6 Å². The third-order valence-electron chi connectivity index (χ3n) is 7.68. The van der Waals surface area contributed by atoms with E-state index in [0.717, 1.165) is 33.7 Å². The zero-order valence-electron chi connectivity index (χ0n) is 32.9. The van der Waals surface area contributed by atoms with Gasteiger partial charge in [0.2, 0.25) is 11.8 Å². The Labute approximate surface area is 352 Å². The molecular weight excluding hydrogens is 814 g/mol. The number of anilines is 2. The largest absolute Gasteiger partial charge is 0.493 e. The smallest absolute Gasteiger partial charge is 0.248 e. The fourth-order valence-corrected chi connectivity index (χ4v) is 5.32. The van der Waals surface area contributed by atoms with Gasteiger partial charge in [-0.3, -0.25) is 14.6 Å². The third kappa shape index (κ3) is 14.5. The molecule has 2 N–H and O–H groups in total. The number of hydrogen-bond acceptors (Lipinski definition) is 10. The van der Waals surface area contributed by atoms with Gasteiger partial charge in [0.1, 0.15) is 31.2 Å². The summed E-state index contributed by atoms with van der Waals surface area (Å²) in [6, 6.07) is 25.4. The van der Waals surface area contributed by atoms with Gasteiger partial charge in [-0.25, -0.2) is 14.7 Å². The predicted molar refractivity (Wildman–Crippen MR) is 237 cm³/mol. The highest BCUT2D eigenvalue weighted by atomic mass is 79.9. The number of nitrogens with one attached hydrogen (secondary N) is 2. The molecule has 4 aromatic carbocycles. The van der Waals surface area contributed by atoms with Crippen molar-refractivity contribution in [2.45, 2.75) is 13.8 Å². The standard InChI is InChI=1S/C22H20N4O3.C19H16BrNO3.C4H6N2/c1-4-13-29-20-11-9-17(14-21(20)28-3)10-12-22(27)24-18-7-5-6-8-19(18)26-15-23-16(2)25-26;1-3-12-24-17-10-8-14(13-18(17)23-2)9-11-19(22)21-16-7-5-4-6-15(16)20;1-4-5-2-3-6-4/h1,5-12,14-15H,13H2,2-3H3,(H,24,27);1,4-11,13H,12H2,2H3,(H,21,22);2H,3H2,1H3/b12-10+;11-9+;. The van der Waals surface area contributed by atoms with E-state index >= 15 is 0 Å². The van der Waals surface area contributed by atoms with Crippen LogP contribution in [0, 0.1) is 31.6 Å². The Morgan fingerprint density at radius 3 is 1.78 bits per heavy atom. The normalized spacial score (nSPS) is 11.2. The second-order valence-electron chi connectivity index (χ2n) is 11.9. The minimum Gasteiger partial charge on any atom is -0.493 e. The maximum Gasteiger partial charge on any atom is 0.248 e. The number of aryl methyl sites for hydroxylation is 1. The Bertz CT molecular complexity index is 2420. The highest BCUT2D eigenvalue weighted by molar-refractivity contribution is 9.10. The lowest BCUT2D eigenvalue weighted by molar-refractivity contribution is -0.112. The summed E-state index contributed by atoms with van der Waals surface area (Å²) < 4.78 is 23.8. The van der Waals surface area contributed by atoms with Crippen LogP contribution in [-0.4, -0.2) is 72.6 Å². The van der Waals surface area contributed by atoms with Gasteiger partial charge in [-0.15, -0.1) is 12.8 Å². The average molecular weight is 857 g/mol. The molecule has 1 aliphatic rings. The number of amidine groups is 1. The van der Waals surface area contributed by atoms with Crippen LogP contribution in [0.5, 0.6) is 23.0 Å². The number of rotatable bonds is 13. The molecule has 0 aliphatic carbocycles. The first-order valence-corrected chi connectivity index (χ1v) is 18.7. The van der Waals surface area contributed by atoms with E-state index in [1.165, 1.54) is 12.2 Å². The number of hydrogen-bond donors (Lipinski definition) is 2. The molecule has 300 valence electrons. The van der Waals surface area contributed by atoms with Gasteiger partial charge in [-0.05, 0) is 102 Å². The van der Waals surface area contributed by atoms with Gasteiger partial charge in [-0.2, -0.15) is 5.10 Å². The number of amides is 2. The number of benzene rings is 4. The molecular formula is C45H42BrN7O6. The molecule has 0 fully saturated rings. The molecule has 5 aromatic rings. The molecule has 2 amide bonds. The van der Waals surface area contributed by atoms with E-state index in [2.05, 4.69) is 58.5 Å². The fourth-order valence-electron chi connectivity index (χ4n) is 4.94. The van der Waals surface area contributed by atoms with Crippen molar-refractivity contribution in [3.63, 3.8) is 0 Å². The second kappa shape index (κ2) is 23.6. The Kier molecular flexibility index (Phi) is 17.7. The van der Waals surface area contributed by atoms with E-state index in [4.69, 9.17) is 31.8 Å². The van der Waals surface area contributed by atoms with Gasteiger partial charge in [0.25, 0.3) is 0 Å². The van der Waals surface area contributed by atoms with Crippen molar-refractivity contribution >= 4 is 63.3 Å². The molecule has 0 atom stereocenters. The average Bonchev–Trinajstić information content (AvgIpc) is 3.92. The van der Waals surface area contributed by atoms with E-state index in [0.29, 0.717) is 40.2 Å². The topological polar surface area (TPSA) is 151 Å². The molecule has 0 radical (unpaired) electrons. The molecule has 0 saturated heterocycles. The first-order chi connectivity index (χ1) is 28.6. The molecule has 6 rings (SSSR count). The summed E-state index contributed by atoms with van der Waals surface area (Å²) in [5.74, 6) is 8.05. The Balaban J connectivity index is 0.000000231. The minimum atomic E-state index is -0.277. The summed E-state index contributed by atoms with van der Waals surface area (Å²) in [5.41, 5.74) is 3.66. The van der Waals surface area contributed by atoms with Crippen LogP contribution < -0.4 is 29.6 Å². The van der Waals surface area contributed by atoms with E-state index in [1.54, 1.807) is 80.9 Å². The van der Waals surface area contributed by atoms with Crippen molar-refractivity contribution < 1.29 is 28.5 Å². The number of ether oxygens (including phenoxy) is 4. The SMILES string of the molecule is C#CCOc1ccc(/C=C/C(=O)Nc2ccccc2-n2cnc(C)n2)cc1OC.C#CCOc1ccc(/C=C/C(=O)Nc2ccccc2Br)cc1OC.CC1=NCC=N1. The van der Waals surface area contributed by atoms with Crippen molar-refractivity contribution in [2.75, 3.05) is 44.6 Å². The molecule has 2 heterocycles. The summed E-state index contributed by atoms with van der Waals surface area (Å²) in [6.07, 6.45) is 20.1. The number of halogens is 1. The van der Waals surface area contributed by atoms with E-state index in [9.17, 15) is 9.59 Å². The zero-order chi connectivity index (χ0) is 42.4. The van der Waals surface area contributed by atoms with E-state index in [-0.39, 0.29) is 25.0 Å². The summed E-state index contributed by atoms with van der Waals surface area (Å²) in [5, 5.41) is 9.95. The molecule has 13 nitrogen and oxygen atoms in total. The summed E-state index contributed by atoms with van der Waals surface area (Å²) >= 11 is 3.38. The van der Waals surface area contributed by atoms with Gasteiger partial charge in [0.15, 0.2) is 23.0 Å². The molecule has 0 unspecified atom stereocenters. The lowest BCUT2D eigenvalue weighted by Gasteiger charge is -2.10. The van der Waals surface area contributed by atoms with Crippen LogP contribution in [0.25, 0.3) is 17.8 Å². The number of aromatic nitrogens is 3. The maximum atomic E-state index is 12.4. The lowest BCUT2D eigenvalue weighted by Crippen LogP contribution is -2.11. The monoisotopic (exact) mass is 855 g/mol. The molecule has 1 aromatic heterocycles. The third-order valence-corrected chi connectivity index (χ3v) is 8.37. The number of carbonyl (C=O) groups excluding carboxylic acids is 2. The number of para-hydroxylation sites is 3. The van der Waals surface area contributed by atoms with Crippen molar-refractivity contribution in [1.29, 1.82) is 0 Å². The molecule has 1 aliphatic heterocycles. The van der Waals surface area contributed by atoms with Crippen LogP contribution in [0.1, 0.15) is 23.9 Å². The second-order valence-corrected chi connectivity index (χ2v) is 12.7. The number of terminal acetylenes is 2. The number of carbonyl (C=O) groups is 2. The summed E-state index contributed by atoms with van der Waals surface area (Å²) in [6.45, 7) is 4.80. The number of nitrogens with zero attached hydrogens (tertiary/aromatic N) is 5. The van der Waals surface area contributed by atoms with Crippen molar-refractivity contribution in [2.24, 2.45) is 9.98 Å². The van der Waals surface area contributed by atoms with Crippen LogP contribution in [-0.2, 0) is 9.59 Å². The Morgan fingerprint density at radius 1 is 0.780 bits per heavy atom. The summed E-state index contributed by atoms with van der Waals surface area (Å²) in [7, 11) is 3.09. The summed E-state index contributed by atoms with van der Waals surface area (Å²) in [4.78, 5) is 36.3. The molecule has 0 spiro atoms. The van der Waals surface area contributed by atoms with Gasteiger partial charge >= 0.3 is 0 Å². The lowest BCUT2D eigenvalue weighted by atomic mass is 10.2. The number of methoxy groups -OCH3 is 2. The maximum absolute atomic E-state index is 12.4. The Morgan fingerprint density at radius 2 is 1.32 bits per heavy atom. The highest BCUT2D eigenvalue weighted by Crippen LogP contribution is 2.30. The minimum absolute atomic E-state index is 0.151. The van der Waals surface area contributed by atoms with Crippen LogP contribution >= 0.6 is 15.9 Å². The molecule has 59 heavy (non-hydrogen) atoms. The highest BCUT2D eigenvalue weighted by Gasteiger charge is 2.09. The van der Waals surface area contributed by atoms with E-state index in [1.807, 2.05) is 61.5 Å². The predicted octanol–water partition coefficient (Wildman–Crippen LogP) is 7.86. The van der Waals surface area contributed by atoms with Gasteiger partial charge in [0, 0.05) is 22.8 Å². The van der Waals surface area contributed by atoms with E-state index < -0.39 is 0 Å². The van der Waals surface area contributed by atoms with Crippen molar-refractivity contribution in [3.8, 4) is 53.4 Å². The molecule has 0 saturated carbocycles. The first kappa shape index (κ1) is 44.3. The first-order valence-electron chi connectivity index (χ1n) is 17.9. The fraction of sp³-hybridized carbons (Fsp3) is 0.156. The number of aliphatic imine (C=N–C) groups is 2. The Hall–Kier alpha value is -7.42. The van der Waals surface area contributed by atoms with Crippen LogP contribution in [0.2, 0.25) is 0 Å². The van der Waals surface area contributed by atoms with Crippen LogP contribution in [0.4, 0.5) is 11.4 Å². The van der Waals surface area contributed by atoms with Crippen LogP contribution in [0.15, 0.2) is 118 Å². The van der Waals surface area contributed by atoms with Crippen LogP contribution in [0.3, 0.4) is 0 Å². The van der Waals surface area contributed by atoms with Gasteiger partial charge in [0.05, 0.1) is 37.8 Å². The quantitative estimate of drug-likeness (QED) is 0.0898. The van der Waals surface area contributed by atoms with Crippen molar-refractivity contribution in [1.82, 2.24) is 14.8 Å². The zero-order valence-corrected chi connectivity index (χ0v) is 34.5.